The maximum atomic E-state index is 5.20. The maximum absolute atomic E-state index is 5.20. The highest BCUT2D eigenvalue weighted by Crippen LogP contribution is 2.15. The van der Waals surface area contributed by atoms with Crippen LogP contribution in [0.2, 0.25) is 0 Å². The summed E-state index contributed by atoms with van der Waals surface area (Å²) in [6.45, 7) is 3.10. The van der Waals surface area contributed by atoms with Crippen molar-refractivity contribution < 1.29 is 0 Å². The Balaban J connectivity index is 2.27. The second-order valence-electron chi connectivity index (χ2n) is 2.68. The topological polar surface area (TPSA) is 3.24 Å². The van der Waals surface area contributed by atoms with Gasteiger partial charge >= 0.3 is 0 Å². The molecule has 0 amide bonds. The van der Waals surface area contributed by atoms with E-state index in [9.17, 15) is 0 Å². The van der Waals surface area contributed by atoms with Gasteiger partial charge in [-0.2, -0.15) is 0 Å². The quantitative estimate of drug-likeness (QED) is 0.459. The van der Waals surface area contributed by atoms with E-state index in [1.54, 1.807) is 0 Å². The van der Waals surface area contributed by atoms with Crippen LogP contribution in [0.3, 0.4) is 0 Å². The number of rotatable bonds is 1. The van der Waals surface area contributed by atoms with Gasteiger partial charge in [0.05, 0.1) is 6.54 Å². The first-order valence-corrected chi connectivity index (χ1v) is 4.54. The number of hydrogen-bond donors (Lipinski definition) is 0. The Hall–Kier alpha value is 0. The first-order chi connectivity index (χ1) is 4.83. The summed E-state index contributed by atoms with van der Waals surface area (Å²) in [7, 11) is 0. The van der Waals surface area contributed by atoms with Gasteiger partial charge in [-0.05, 0) is 19.4 Å². The van der Waals surface area contributed by atoms with E-state index in [1.807, 2.05) is 0 Å². The second-order valence-corrected chi connectivity index (χ2v) is 3.97. The van der Waals surface area contributed by atoms with E-state index in [1.165, 1.54) is 19.4 Å². The average molecular weight is 202 g/mol. The normalized spacial score (nSPS) is 27.8. The zero-order valence-electron chi connectivity index (χ0n) is 6.02. The molecule has 0 aromatic carbocycles. The van der Waals surface area contributed by atoms with Gasteiger partial charge in [-0.3, -0.25) is 4.90 Å². The monoisotopic (exact) mass is 201 g/mol. The van der Waals surface area contributed by atoms with Gasteiger partial charge in [0.25, 0.3) is 0 Å². The lowest BCUT2D eigenvalue weighted by Crippen LogP contribution is -2.35. The number of nitrogens with zero attached hydrogens (tertiary/aromatic N) is 1. The molecule has 0 bridgehead atoms. The molecule has 1 rings (SSSR count). The highest BCUT2D eigenvalue weighted by atomic mass is 79.9. The third kappa shape index (κ3) is 2.32. The van der Waals surface area contributed by atoms with Crippen molar-refractivity contribution in [3.63, 3.8) is 0 Å². The summed E-state index contributed by atoms with van der Waals surface area (Å²) in [6.07, 6.45) is 7.77. The fraction of sp³-hybridized carbons (Fsp3) is 0.750. The van der Waals surface area contributed by atoms with E-state index < -0.39 is 0 Å². The molecule has 2 heteroatoms. The summed E-state index contributed by atoms with van der Waals surface area (Å²) in [4.78, 5) is 2.97. The minimum atomic E-state index is 0.662. The fourth-order valence-electron chi connectivity index (χ4n) is 1.27. The van der Waals surface area contributed by atoms with E-state index in [4.69, 9.17) is 6.42 Å². The van der Waals surface area contributed by atoms with Crippen LogP contribution in [0.4, 0.5) is 0 Å². The Morgan fingerprint density at radius 2 is 2.50 bits per heavy atom. The zero-order valence-corrected chi connectivity index (χ0v) is 7.60. The van der Waals surface area contributed by atoms with Gasteiger partial charge in [-0.25, -0.2) is 0 Å². The Bertz CT molecular complexity index is 139. The van der Waals surface area contributed by atoms with Gasteiger partial charge < -0.3 is 0 Å². The molecule has 0 N–H and O–H groups in total. The van der Waals surface area contributed by atoms with Crippen molar-refractivity contribution in [1.82, 2.24) is 4.90 Å². The number of hydrogen-bond acceptors (Lipinski definition) is 1. The Kier molecular flexibility index (Phi) is 3.24. The lowest BCUT2D eigenvalue weighted by atomic mass is 10.1. The Labute approximate surface area is 70.9 Å². The number of likely N-dealkylation sites (tertiary alicyclic amines) is 1. The number of terminal acetylenes is 1. The number of alkyl halides is 1. The van der Waals surface area contributed by atoms with Gasteiger partial charge in [0, 0.05) is 11.4 Å². The third-order valence-electron chi connectivity index (χ3n) is 1.76. The molecule has 1 unspecified atom stereocenters. The van der Waals surface area contributed by atoms with Crippen LogP contribution in [-0.4, -0.2) is 29.4 Å². The third-order valence-corrected chi connectivity index (χ3v) is 2.51. The van der Waals surface area contributed by atoms with Gasteiger partial charge in [-0.1, -0.05) is 21.9 Å². The largest absolute Gasteiger partial charge is 0.291 e. The van der Waals surface area contributed by atoms with Crippen LogP contribution < -0.4 is 0 Å². The van der Waals surface area contributed by atoms with E-state index >= 15 is 0 Å². The van der Waals surface area contributed by atoms with Crippen LogP contribution in [0.15, 0.2) is 0 Å². The number of piperidine rings is 1. The molecule has 1 saturated heterocycles. The molecule has 0 aliphatic carbocycles. The molecule has 1 heterocycles. The smallest absolute Gasteiger partial charge is 0.0599 e. The van der Waals surface area contributed by atoms with Crippen LogP contribution in [0.25, 0.3) is 0 Å². The van der Waals surface area contributed by atoms with Crippen LogP contribution in [0.1, 0.15) is 12.8 Å². The van der Waals surface area contributed by atoms with Crippen LogP contribution in [-0.2, 0) is 0 Å². The predicted molar refractivity (Wildman–Crippen MR) is 47.2 cm³/mol. The average Bonchev–Trinajstić information content (AvgIpc) is 1.88. The molecule has 10 heavy (non-hydrogen) atoms. The second kappa shape index (κ2) is 4.00. The molecule has 56 valence electrons. The van der Waals surface area contributed by atoms with Crippen molar-refractivity contribution in [1.29, 1.82) is 0 Å². The molecule has 0 radical (unpaired) electrons. The van der Waals surface area contributed by atoms with Crippen molar-refractivity contribution in [2.45, 2.75) is 17.7 Å². The number of halogens is 1. The molecule has 1 nitrogen and oxygen atoms in total. The molecule has 1 aliphatic rings. The highest BCUT2D eigenvalue weighted by Gasteiger charge is 2.15. The molecule has 1 fully saturated rings. The molecule has 0 spiro atoms. The molecule has 0 saturated carbocycles. The van der Waals surface area contributed by atoms with E-state index in [-0.39, 0.29) is 0 Å². The van der Waals surface area contributed by atoms with Gasteiger partial charge in [-0.15, -0.1) is 6.42 Å². The molecule has 1 atom stereocenters. The molecule has 1 aliphatic heterocycles. The summed E-state index contributed by atoms with van der Waals surface area (Å²) < 4.78 is 0. The standard InChI is InChI=1S/C8H12BrN/c1-2-5-10-6-3-4-8(9)7-10/h1,8H,3-7H2. The molecular formula is C8H12BrN. The van der Waals surface area contributed by atoms with Crippen LogP contribution >= 0.6 is 15.9 Å². The van der Waals surface area contributed by atoms with Crippen molar-refractivity contribution in [3.05, 3.63) is 0 Å². The maximum Gasteiger partial charge on any atom is 0.0599 e. The van der Waals surface area contributed by atoms with E-state index in [0.717, 1.165) is 13.1 Å². The lowest BCUT2D eigenvalue weighted by Gasteiger charge is -2.27. The van der Waals surface area contributed by atoms with E-state index in [2.05, 4.69) is 26.8 Å². The summed E-state index contributed by atoms with van der Waals surface area (Å²) in [5.74, 6) is 2.66. The highest BCUT2D eigenvalue weighted by molar-refractivity contribution is 9.09. The SMILES string of the molecule is C#CCN1CCCC(Br)C1. The summed E-state index contributed by atoms with van der Waals surface area (Å²) in [5, 5.41) is 0. The predicted octanol–water partition coefficient (Wildman–Crippen LogP) is 1.48. The van der Waals surface area contributed by atoms with Crippen molar-refractivity contribution >= 4 is 15.9 Å². The van der Waals surface area contributed by atoms with Crippen molar-refractivity contribution in [3.8, 4) is 12.3 Å². The van der Waals surface area contributed by atoms with Crippen LogP contribution in [0, 0.1) is 12.3 Å². The van der Waals surface area contributed by atoms with Gasteiger partial charge in [0.1, 0.15) is 0 Å². The van der Waals surface area contributed by atoms with E-state index in [0.29, 0.717) is 4.83 Å². The van der Waals surface area contributed by atoms with Crippen LogP contribution in [0.5, 0.6) is 0 Å². The Morgan fingerprint density at radius 3 is 3.10 bits per heavy atom. The summed E-state index contributed by atoms with van der Waals surface area (Å²) in [5.41, 5.74) is 0. The molecule has 0 aromatic heterocycles. The first-order valence-electron chi connectivity index (χ1n) is 3.63. The fourth-order valence-corrected chi connectivity index (χ4v) is 2.01. The molecular weight excluding hydrogens is 190 g/mol. The zero-order chi connectivity index (χ0) is 7.40. The van der Waals surface area contributed by atoms with Crippen molar-refractivity contribution in [2.75, 3.05) is 19.6 Å². The lowest BCUT2D eigenvalue weighted by molar-refractivity contribution is 0.263. The Morgan fingerprint density at radius 1 is 1.70 bits per heavy atom. The first kappa shape index (κ1) is 8.10. The minimum absolute atomic E-state index is 0.662. The minimum Gasteiger partial charge on any atom is -0.291 e. The molecule has 0 aromatic rings. The summed E-state index contributed by atoms with van der Waals surface area (Å²) in [6, 6.07) is 0. The van der Waals surface area contributed by atoms with Crippen molar-refractivity contribution in [2.24, 2.45) is 0 Å². The summed E-state index contributed by atoms with van der Waals surface area (Å²) >= 11 is 3.59. The van der Waals surface area contributed by atoms with Gasteiger partial charge in [0.15, 0.2) is 0 Å². The van der Waals surface area contributed by atoms with Gasteiger partial charge in [0.2, 0.25) is 0 Å².